The molecule has 0 fully saturated rings. The molecule has 0 saturated carbocycles. The maximum Gasteiger partial charge on any atom is 0.0994 e. The second-order valence-corrected chi connectivity index (χ2v) is 6.60. The molecule has 0 aliphatic carbocycles. The number of fused-ring (bicyclic) bond motifs is 1. The minimum absolute atomic E-state index is 0.766. The van der Waals surface area contributed by atoms with Crippen LogP contribution in [0, 0.1) is 5.41 Å². The molecular formula is C19H22N2S. The van der Waals surface area contributed by atoms with Crippen molar-refractivity contribution in [3.05, 3.63) is 53.5 Å². The number of rotatable bonds is 7. The molecule has 0 unspecified atom stereocenters. The van der Waals surface area contributed by atoms with Crippen LogP contribution in [-0.2, 0) is 0 Å². The van der Waals surface area contributed by atoms with E-state index in [0.29, 0.717) is 0 Å². The Bertz CT molecular complexity index is 753. The molecule has 1 aromatic carbocycles. The molecular weight excluding hydrogens is 288 g/mol. The molecule has 114 valence electrons. The second kappa shape index (κ2) is 6.93. The number of thiophene rings is 1. The number of benzene rings is 1. The predicted molar refractivity (Wildman–Crippen MR) is 96.7 cm³/mol. The van der Waals surface area contributed by atoms with Crippen LogP contribution in [0.15, 0.2) is 48.0 Å². The van der Waals surface area contributed by atoms with Gasteiger partial charge in [0.1, 0.15) is 0 Å². The summed E-state index contributed by atoms with van der Waals surface area (Å²) in [7, 11) is 0. The van der Waals surface area contributed by atoms with Crippen molar-refractivity contribution in [3.8, 4) is 5.00 Å². The van der Waals surface area contributed by atoms with Gasteiger partial charge in [-0.25, -0.2) is 0 Å². The van der Waals surface area contributed by atoms with Crippen LogP contribution in [0.5, 0.6) is 0 Å². The number of nitrogens with one attached hydrogen (secondary N) is 1. The highest BCUT2D eigenvalue weighted by Gasteiger charge is 2.13. The standard InChI is InChI=1S/C19H22N2S/c1-2-3-4-5-10-17(20)16-14-21(19-12-8-13-22-19)18-11-7-6-9-15(16)18/h6-9,11-14,20H,2-5,10H2,1H3. The van der Waals surface area contributed by atoms with Gasteiger partial charge in [0.05, 0.1) is 10.5 Å². The van der Waals surface area contributed by atoms with Crippen molar-refractivity contribution >= 4 is 28.0 Å². The van der Waals surface area contributed by atoms with Crippen LogP contribution in [0.3, 0.4) is 0 Å². The highest BCUT2D eigenvalue weighted by atomic mass is 32.1. The molecule has 3 heteroatoms. The maximum atomic E-state index is 8.48. The highest BCUT2D eigenvalue weighted by molar-refractivity contribution is 7.12. The molecule has 0 bridgehead atoms. The van der Waals surface area contributed by atoms with Crippen LogP contribution < -0.4 is 0 Å². The van der Waals surface area contributed by atoms with Crippen LogP contribution in [0.2, 0.25) is 0 Å². The van der Waals surface area contributed by atoms with Gasteiger partial charge in [-0.2, -0.15) is 0 Å². The molecule has 0 aliphatic rings. The molecule has 2 heterocycles. The third-order valence-corrected chi connectivity index (χ3v) is 4.93. The normalized spacial score (nSPS) is 11.1. The zero-order valence-corrected chi connectivity index (χ0v) is 13.8. The van der Waals surface area contributed by atoms with Crippen molar-refractivity contribution in [2.45, 2.75) is 39.0 Å². The Balaban J connectivity index is 1.91. The number of unbranched alkanes of at least 4 members (excludes halogenated alkanes) is 3. The van der Waals surface area contributed by atoms with Crippen LogP contribution >= 0.6 is 11.3 Å². The smallest absolute Gasteiger partial charge is 0.0994 e. The molecule has 0 atom stereocenters. The number of hydrogen-bond acceptors (Lipinski definition) is 2. The fourth-order valence-corrected chi connectivity index (χ4v) is 3.59. The summed E-state index contributed by atoms with van der Waals surface area (Å²) in [6, 6.07) is 12.6. The fraction of sp³-hybridized carbons (Fsp3) is 0.316. The Morgan fingerprint density at radius 1 is 1.09 bits per heavy atom. The predicted octanol–water partition coefficient (Wildman–Crippen LogP) is 6.03. The van der Waals surface area contributed by atoms with E-state index < -0.39 is 0 Å². The lowest BCUT2D eigenvalue weighted by Gasteiger charge is -2.02. The second-order valence-electron chi connectivity index (χ2n) is 5.67. The van der Waals surface area contributed by atoms with Gasteiger partial charge in [-0.3, -0.25) is 0 Å². The third-order valence-electron chi connectivity index (χ3n) is 4.06. The van der Waals surface area contributed by atoms with Gasteiger partial charge >= 0.3 is 0 Å². The van der Waals surface area contributed by atoms with Gasteiger partial charge in [-0.15, -0.1) is 11.3 Å². The first-order valence-electron chi connectivity index (χ1n) is 8.03. The van der Waals surface area contributed by atoms with Crippen molar-refractivity contribution in [2.75, 3.05) is 0 Å². The lowest BCUT2D eigenvalue weighted by molar-refractivity contribution is 0.682. The van der Waals surface area contributed by atoms with E-state index in [-0.39, 0.29) is 0 Å². The van der Waals surface area contributed by atoms with Crippen LogP contribution in [-0.4, -0.2) is 10.3 Å². The molecule has 2 nitrogen and oxygen atoms in total. The molecule has 1 N–H and O–H groups in total. The topological polar surface area (TPSA) is 28.8 Å². The molecule has 0 radical (unpaired) electrons. The van der Waals surface area contributed by atoms with Gasteiger partial charge < -0.3 is 9.98 Å². The Kier molecular flexibility index (Phi) is 4.74. The van der Waals surface area contributed by atoms with Gasteiger partial charge in [0, 0.05) is 22.9 Å². The molecule has 22 heavy (non-hydrogen) atoms. The molecule has 3 aromatic rings. The van der Waals surface area contributed by atoms with Gasteiger partial charge in [-0.05, 0) is 36.4 Å². The first kappa shape index (κ1) is 15.0. The minimum Gasteiger partial charge on any atom is -0.307 e. The zero-order valence-electron chi connectivity index (χ0n) is 13.0. The Morgan fingerprint density at radius 3 is 2.73 bits per heavy atom. The summed E-state index contributed by atoms with van der Waals surface area (Å²) >= 11 is 1.73. The third kappa shape index (κ3) is 3.00. The number of para-hydroxylation sites is 1. The summed E-state index contributed by atoms with van der Waals surface area (Å²) in [5, 5.41) is 13.0. The first-order valence-corrected chi connectivity index (χ1v) is 8.91. The zero-order chi connectivity index (χ0) is 15.4. The average molecular weight is 310 g/mol. The van der Waals surface area contributed by atoms with Gasteiger partial charge in [0.25, 0.3) is 0 Å². The Morgan fingerprint density at radius 2 is 1.95 bits per heavy atom. The number of hydrogen-bond donors (Lipinski definition) is 1. The van der Waals surface area contributed by atoms with E-state index in [9.17, 15) is 0 Å². The van der Waals surface area contributed by atoms with Crippen LogP contribution in [0.25, 0.3) is 15.9 Å². The van der Waals surface area contributed by atoms with E-state index in [0.717, 1.165) is 24.1 Å². The summed E-state index contributed by atoms with van der Waals surface area (Å²) in [5.74, 6) is 0. The van der Waals surface area contributed by atoms with E-state index in [2.05, 4.69) is 59.5 Å². The summed E-state index contributed by atoms with van der Waals surface area (Å²) in [4.78, 5) is 0. The minimum atomic E-state index is 0.766. The average Bonchev–Trinajstić information content (AvgIpc) is 3.18. The van der Waals surface area contributed by atoms with E-state index in [4.69, 9.17) is 5.41 Å². The molecule has 0 amide bonds. The molecule has 0 saturated heterocycles. The largest absolute Gasteiger partial charge is 0.307 e. The van der Waals surface area contributed by atoms with Crippen molar-refractivity contribution in [1.82, 2.24) is 4.57 Å². The molecule has 0 aliphatic heterocycles. The summed E-state index contributed by atoms with van der Waals surface area (Å²) in [5.41, 5.74) is 3.04. The van der Waals surface area contributed by atoms with Gasteiger partial charge in [0.15, 0.2) is 0 Å². The SMILES string of the molecule is CCCCCCC(=N)c1cn(-c2cccs2)c2ccccc12. The van der Waals surface area contributed by atoms with Crippen LogP contribution in [0.4, 0.5) is 0 Å². The molecule has 0 spiro atoms. The van der Waals surface area contributed by atoms with Crippen molar-refractivity contribution in [2.24, 2.45) is 0 Å². The summed E-state index contributed by atoms with van der Waals surface area (Å²) in [6.45, 7) is 2.22. The first-order chi connectivity index (χ1) is 10.8. The fourth-order valence-electron chi connectivity index (χ4n) is 2.87. The summed E-state index contributed by atoms with van der Waals surface area (Å²) < 4.78 is 2.22. The van der Waals surface area contributed by atoms with Gasteiger partial charge in [0.2, 0.25) is 0 Å². The Labute approximate surface area is 135 Å². The molecule has 3 rings (SSSR count). The van der Waals surface area contributed by atoms with E-state index in [1.54, 1.807) is 11.3 Å². The number of aromatic nitrogens is 1. The quantitative estimate of drug-likeness (QED) is 0.408. The Hall–Kier alpha value is -1.87. The monoisotopic (exact) mass is 310 g/mol. The number of nitrogens with zero attached hydrogens (tertiary/aromatic N) is 1. The lowest BCUT2D eigenvalue weighted by Crippen LogP contribution is -1.98. The van der Waals surface area contributed by atoms with E-state index in [1.807, 2.05) is 0 Å². The van der Waals surface area contributed by atoms with Crippen LogP contribution in [0.1, 0.15) is 44.6 Å². The maximum absolute atomic E-state index is 8.48. The van der Waals surface area contributed by atoms with Crippen molar-refractivity contribution in [1.29, 1.82) is 5.41 Å². The highest BCUT2D eigenvalue weighted by Crippen LogP contribution is 2.28. The van der Waals surface area contributed by atoms with Crippen molar-refractivity contribution < 1.29 is 0 Å². The summed E-state index contributed by atoms with van der Waals surface area (Å²) in [6.07, 6.45) is 7.86. The molecule has 2 aromatic heterocycles. The van der Waals surface area contributed by atoms with Gasteiger partial charge in [-0.1, -0.05) is 44.4 Å². The van der Waals surface area contributed by atoms with Crippen molar-refractivity contribution in [3.63, 3.8) is 0 Å². The van der Waals surface area contributed by atoms with E-state index >= 15 is 0 Å². The lowest BCUT2D eigenvalue weighted by atomic mass is 10.0. The van der Waals surface area contributed by atoms with E-state index in [1.165, 1.54) is 35.2 Å².